The average Bonchev–Trinajstić information content (AvgIpc) is 3.35. The number of carbonyl (C=O) groups excluding carboxylic acids is 2. The van der Waals surface area contributed by atoms with Crippen molar-refractivity contribution < 1.29 is 27.2 Å². The van der Waals surface area contributed by atoms with Crippen molar-refractivity contribution in [3.8, 4) is 0 Å². The number of carbonyl (C=O) groups is 2. The molecule has 0 radical (unpaired) electrons. The number of benzene rings is 1. The third-order valence-corrected chi connectivity index (χ3v) is 5.21. The predicted octanol–water partition coefficient (Wildman–Crippen LogP) is 3.12. The predicted molar refractivity (Wildman–Crippen MR) is 95.5 cm³/mol. The van der Waals surface area contributed by atoms with Crippen LogP contribution in [-0.4, -0.2) is 45.9 Å². The Bertz CT molecular complexity index is 1080. The van der Waals surface area contributed by atoms with Gasteiger partial charge in [-0.15, -0.1) is 0 Å². The van der Waals surface area contributed by atoms with Crippen LogP contribution in [-0.2, 0) is 16.4 Å². The highest BCUT2D eigenvalue weighted by Crippen LogP contribution is 2.55. The highest BCUT2D eigenvalue weighted by molar-refractivity contribution is 6.01. The molecule has 2 aliphatic rings. The number of aromatic nitrogens is 2. The molecule has 7 nitrogen and oxygen atoms in total. The molecule has 4 rings (SSSR count). The van der Waals surface area contributed by atoms with E-state index in [0.717, 1.165) is 23.1 Å². The van der Waals surface area contributed by atoms with Gasteiger partial charge in [-0.25, -0.2) is 19.2 Å². The van der Waals surface area contributed by atoms with Crippen LogP contribution in [0.4, 0.5) is 29.2 Å². The van der Waals surface area contributed by atoms with Crippen molar-refractivity contribution >= 4 is 23.5 Å². The summed E-state index contributed by atoms with van der Waals surface area (Å²) in [6.07, 6.45) is -3.61. The number of fused-ring (bicyclic) bond motifs is 2. The van der Waals surface area contributed by atoms with Crippen molar-refractivity contribution in [3.63, 3.8) is 0 Å². The van der Waals surface area contributed by atoms with Gasteiger partial charge in [-0.05, 0) is 30.2 Å². The molecule has 1 N–H and O–H groups in total. The molecule has 1 aliphatic carbocycles. The van der Waals surface area contributed by atoms with Crippen molar-refractivity contribution in [2.75, 3.05) is 18.4 Å². The zero-order valence-electron chi connectivity index (χ0n) is 15.2. The van der Waals surface area contributed by atoms with Crippen molar-refractivity contribution in [2.24, 2.45) is 0 Å². The number of alkyl halides is 4. The van der Waals surface area contributed by atoms with Crippen LogP contribution < -0.4 is 5.32 Å². The molecule has 1 aromatic carbocycles. The molecule has 11 heteroatoms. The van der Waals surface area contributed by atoms with Gasteiger partial charge in [-0.3, -0.25) is 14.9 Å². The Kier molecular flexibility index (Phi) is 4.45. The van der Waals surface area contributed by atoms with Gasteiger partial charge in [-0.2, -0.15) is 13.2 Å². The van der Waals surface area contributed by atoms with Crippen molar-refractivity contribution in [3.05, 3.63) is 58.7 Å². The van der Waals surface area contributed by atoms with Crippen LogP contribution in [0.5, 0.6) is 0 Å². The Morgan fingerprint density at radius 2 is 2.00 bits per heavy atom. The lowest BCUT2D eigenvalue weighted by molar-refractivity contribution is -0.137. The molecule has 2 amide bonds. The summed E-state index contributed by atoms with van der Waals surface area (Å²) in [5, 5.41) is 2.37. The number of hydrogen-bond donors (Lipinski definition) is 1. The molecular weight excluding hydrogens is 406 g/mol. The van der Waals surface area contributed by atoms with Crippen LogP contribution in [0, 0.1) is 6.57 Å². The smallest absolute Gasteiger partial charge is 0.328 e. The summed E-state index contributed by atoms with van der Waals surface area (Å²) in [7, 11) is 0. The van der Waals surface area contributed by atoms with Gasteiger partial charge in [0.25, 0.3) is 5.91 Å². The maximum atomic E-state index is 14.3. The number of amides is 2. The van der Waals surface area contributed by atoms with Crippen molar-refractivity contribution in [2.45, 2.75) is 24.2 Å². The molecule has 2 atom stereocenters. The lowest BCUT2D eigenvalue weighted by Gasteiger charge is -2.34. The molecule has 1 fully saturated rings. The largest absolute Gasteiger partial charge is 0.416 e. The summed E-state index contributed by atoms with van der Waals surface area (Å²) < 4.78 is 53.4. The Morgan fingerprint density at radius 1 is 1.33 bits per heavy atom. The molecular formula is C19H13F4N5O2. The normalized spacial score (nSPS) is 22.4. The maximum Gasteiger partial charge on any atom is 0.416 e. The third-order valence-electron chi connectivity index (χ3n) is 5.21. The minimum Gasteiger partial charge on any atom is -0.328 e. The summed E-state index contributed by atoms with van der Waals surface area (Å²) >= 11 is 0. The quantitative estimate of drug-likeness (QED) is 0.613. The number of nitrogens with zero attached hydrogens (tertiary/aromatic N) is 4. The molecule has 0 bridgehead atoms. The van der Waals surface area contributed by atoms with E-state index in [1.54, 1.807) is 0 Å². The molecule has 1 aromatic heterocycles. The van der Waals surface area contributed by atoms with Crippen LogP contribution in [0.15, 0.2) is 30.6 Å². The Morgan fingerprint density at radius 3 is 2.57 bits per heavy atom. The highest BCUT2D eigenvalue weighted by atomic mass is 19.4. The maximum absolute atomic E-state index is 14.3. The van der Waals surface area contributed by atoms with Gasteiger partial charge in [0.15, 0.2) is 0 Å². The molecule has 1 saturated carbocycles. The molecule has 30 heavy (non-hydrogen) atoms. The molecule has 2 aromatic rings. The van der Waals surface area contributed by atoms with Gasteiger partial charge in [-0.1, -0.05) is 0 Å². The van der Waals surface area contributed by atoms with E-state index in [9.17, 15) is 27.2 Å². The van der Waals surface area contributed by atoms with Gasteiger partial charge in [0.2, 0.25) is 17.5 Å². The Hall–Kier alpha value is -3.55. The monoisotopic (exact) mass is 419 g/mol. The second-order valence-corrected chi connectivity index (χ2v) is 7.17. The van der Waals surface area contributed by atoms with Crippen LogP contribution in [0.1, 0.15) is 27.9 Å². The topological polar surface area (TPSA) is 79.5 Å². The summed E-state index contributed by atoms with van der Waals surface area (Å²) in [4.78, 5) is 36.9. The van der Waals surface area contributed by atoms with Gasteiger partial charge >= 0.3 is 6.18 Å². The van der Waals surface area contributed by atoms with E-state index in [1.165, 1.54) is 12.4 Å². The first-order chi connectivity index (χ1) is 14.1. The van der Waals surface area contributed by atoms with Crippen LogP contribution in [0.25, 0.3) is 4.85 Å². The molecule has 1 spiro atoms. The van der Waals surface area contributed by atoms with E-state index < -0.39 is 41.7 Å². The van der Waals surface area contributed by atoms with E-state index in [4.69, 9.17) is 6.57 Å². The third kappa shape index (κ3) is 3.34. The fourth-order valence-corrected chi connectivity index (χ4v) is 3.60. The van der Waals surface area contributed by atoms with Crippen molar-refractivity contribution in [1.29, 1.82) is 0 Å². The molecule has 154 valence electrons. The lowest BCUT2D eigenvalue weighted by atomic mass is 9.85. The minimum atomic E-state index is -4.61. The summed E-state index contributed by atoms with van der Waals surface area (Å²) in [6.45, 7) is 6.19. The second kappa shape index (κ2) is 6.76. The Labute approximate surface area is 167 Å². The van der Waals surface area contributed by atoms with Crippen LogP contribution in [0.2, 0.25) is 0 Å². The SMILES string of the molecule is [C-]#[N+]c1cnc(NC(=O)CN2C[C@]3(C[C@@H]3F)c3cc(C(F)(F)F)ccc3C2=O)nc1. The van der Waals surface area contributed by atoms with E-state index in [1.807, 2.05) is 0 Å². The molecule has 0 unspecified atom stereocenters. The highest BCUT2D eigenvalue weighted by Gasteiger charge is 2.61. The second-order valence-electron chi connectivity index (χ2n) is 7.17. The minimum absolute atomic E-state index is 0.0199. The zero-order chi connectivity index (χ0) is 21.7. The molecule has 0 saturated heterocycles. The van der Waals surface area contributed by atoms with E-state index in [2.05, 4.69) is 20.1 Å². The average molecular weight is 419 g/mol. The first-order valence-corrected chi connectivity index (χ1v) is 8.78. The number of nitrogens with one attached hydrogen (secondary N) is 1. The van der Waals surface area contributed by atoms with Gasteiger partial charge in [0.05, 0.1) is 12.1 Å². The van der Waals surface area contributed by atoms with E-state index in [-0.39, 0.29) is 35.7 Å². The number of anilines is 1. The van der Waals surface area contributed by atoms with Gasteiger partial charge < -0.3 is 4.90 Å². The summed E-state index contributed by atoms with van der Waals surface area (Å²) in [5.74, 6) is -1.38. The fraction of sp³-hybridized carbons (Fsp3) is 0.316. The first-order valence-electron chi connectivity index (χ1n) is 8.78. The lowest BCUT2D eigenvalue weighted by Crippen LogP contribution is -2.47. The summed E-state index contributed by atoms with van der Waals surface area (Å²) in [6, 6.07) is 2.64. The fourth-order valence-electron chi connectivity index (χ4n) is 3.60. The van der Waals surface area contributed by atoms with Crippen LogP contribution >= 0.6 is 0 Å². The molecule has 2 heterocycles. The number of hydrogen-bond acceptors (Lipinski definition) is 4. The van der Waals surface area contributed by atoms with E-state index in [0.29, 0.717) is 0 Å². The summed E-state index contributed by atoms with van der Waals surface area (Å²) in [5.41, 5.74) is -2.01. The standard InChI is InChI=1S/C19H13F4N5O2/c1-24-11-6-25-17(26-7-11)27-15(29)8-28-9-18(5-14(18)20)13-4-10(19(21,22)23)2-3-12(13)16(28)30/h2-4,6-7,14H,5,8-9H2,(H,25,26,27,29)/t14-,18+/m0/s1. The molecule has 1 aliphatic heterocycles. The number of rotatable bonds is 3. The van der Waals surface area contributed by atoms with Gasteiger partial charge in [0, 0.05) is 29.9 Å². The van der Waals surface area contributed by atoms with Crippen LogP contribution in [0.3, 0.4) is 0 Å². The van der Waals surface area contributed by atoms with Crippen molar-refractivity contribution in [1.82, 2.24) is 14.9 Å². The van der Waals surface area contributed by atoms with Gasteiger partial charge in [0.1, 0.15) is 12.7 Å². The van der Waals surface area contributed by atoms with E-state index >= 15 is 0 Å². The first kappa shape index (κ1) is 19.8. The number of halogens is 4. The Balaban J connectivity index is 1.56. The zero-order valence-corrected chi connectivity index (χ0v) is 15.2.